The standard InChI is InChI=1S/C26H34N2O3/c1-20(2)23-13-12-21(3)18-24(23)31-19-26(30)28-16-14-27(15-17-28)25(29)11-7-10-22-8-5-4-6-9-22/h4-6,8-9,12-13,18,20H,7,10-11,14-17,19H2,1-3H3. The van der Waals surface area contributed by atoms with Crippen molar-refractivity contribution >= 4 is 11.8 Å². The van der Waals surface area contributed by atoms with E-state index in [9.17, 15) is 9.59 Å². The summed E-state index contributed by atoms with van der Waals surface area (Å²) >= 11 is 0. The lowest BCUT2D eigenvalue weighted by atomic mass is 10.0. The Hall–Kier alpha value is -2.82. The number of amides is 2. The molecule has 0 aromatic heterocycles. The molecule has 0 radical (unpaired) electrons. The summed E-state index contributed by atoms with van der Waals surface area (Å²) < 4.78 is 5.89. The molecule has 1 aliphatic rings. The molecular formula is C26H34N2O3. The fourth-order valence-corrected chi connectivity index (χ4v) is 3.93. The maximum absolute atomic E-state index is 12.6. The molecular weight excluding hydrogens is 388 g/mol. The van der Waals surface area contributed by atoms with Crippen molar-refractivity contribution in [3.63, 3.8) is 0 Å². The maximum Gasteiger partial charge on any atom is 0.260 e. The predicted molar refractivity (Wildman–Crippen MR) is 123 cm³/mol. The van der Waals surface area contributed by atoms with Crippen molar-refractivity contribution in [2.75, 3.05) is 32.8 Å². The van der Waals surface area contributed by atoms with Crippen LogP contribution < -0.4 is 4.74 Å². The van der Waals surface area contributed by atoms with Crippen LogP contribution in [0.3, 0.4) is 0 Å². The van der Waals surface area contributed by atoms with Crippen LogP contribution in [-0.2, 0) is 16.0 Å². The zero-order valence-corrected chi connectivity index (χ0v) is 19.0. The number of ether oxygens (including phenoxy) is 1. The van der Waals surface area contributed by atoms with Gasteiger partial charge in [-0.1, -0.05) is 56.3 Å². The molecule has 0 spiro atoms. The van der Waals surface area contributed by atoms with Crippen LogP contribution in [0.5, 0.6) is 5.75 Å². The summed E-state index contributed by atoms with van der Waals surface area (Å²) in [6.45, 7) is 8.62. The molecule has 2 aromatic carbocycles. The van der Waals surface area contributed by atoms with Crippen LogP contribution in [-0.4, -0.2) is 54.4 Å². The van der Waals surface area contributed by atoms with Gasteiger partial charge in [0.1, 0.15) is 5.75 Å². The Bertz CT molecular complexity index is 871. The van der Waals surface area contributed by atoms with E-state index in [4.69, 9.17) is 4.74 Å². The second-order valence-corrected chi connectivity index (χ2v) is 8.59. The van der Waals surface area contributed by atoms with Gasteiger partial charge >= 0.3 is 0 Å². The Morgan fingerprint density at radius 3 is 2.23 bits per heavy atom. The van der Waals surface area contributed by atoms with Gasteiger partial charge in [0.05, 0.1) is 0 Å². The zero-order chi connectivity index (χ0) is 22.2. The highest BCUT2D eigenvalue weighted by atomic mass is 16.5. The van der Waals surface area contributed by atoms with E-state index in [1.165, 1.54) is 5.56 Å². The van der Waals surface area contributed by atoms with Crippen LogP contribution in [0.2, 0.25) is 0 Å². The highest BCUT2D eigenvalue weighted by molar-refractivity contribution is 5.79. The first-order valence-corrected chi connectivity index (χ1v) is 11.3. The normalized spacial score (nSPS) is 14.1. The molecule has 1 aliphatic heterocycles. The number of piperazine rings is 1. The Morgan fingerprint density at radius 1 is 0.935 bits per heavy atom. The van der Waals surface area contributed by atoms with E-state index in [1.54, 1.807) is 4.90 Å². The fraction of sp³-hybridized carbons (Fsp3) is 0.462. The van der Waals surface area contributed by atoms with Gasteiger partial charge in [-0.2, -0.15) is 0 Å². The van der Waals surface area contributed by atoms with Crippen molar-refractivity contribution in [1.82, 2.24) is 9.80 Å². The first kappa shape index (κ1) is 22.9. The highest BCUT2D eigenvalue weighted by Gasteiger charge is 2.24. The first-order valence-electron chi connectivity index (χ1n) is 11.3. The average Bonchev–Trinajstić information content (AvgIpc) is 2.78. The van der Waals surface area contributed by atoms with Crippen LogP contribution in [0.15, 0.2) is 48.5 Å². The van der Waals surface area contributed by atoms with Crippen LogP contribution in [0.25, 0.3) is 0 Å². The summed E-state index contributed by atoms with van der Waals surface area (Å²) in [5.41, 5.74) is 3.50. The van der Waals surface area contributed by atoms with Crippen molar-refractivity contribution in [3.8, 4) is 5.75 Å². The summed E-state index contributed by atoms with van der Waals surface area (Å²) in [4.78, 5) is 28.8. The summed E-state index contributed by atoms with van der Waals surface area (Å²) in [5.74, 6) is 1.28. The van der Waals surface area contributed by atoms with Gasteiger partial charge in [0.25, 0.3) is 5.91 Å². The van der Waals surface area contributed by atoms with Crippen LogP contribution in [0.4, 0.5) is 0 Å². The zero-order valence-electron chi connectivity index (χ0n) is 19.0. The Kier molecular flexibility index (Phi) is 8.10. The SMILES string of the molecule is Cc1ccc(C(C)C)c(OCC(=O)N2CCN(C(=O)CCCc3ccccc3)CC2)c1. The molecule has 31 heavy (non-hydrogen) atoms. The molecule has 2 amide bonds. The van der Waals surface area contributed by atoms with Gasteiger partial charge in [0, 0.05) is 32.6 Å². The molecule has 0 atom stereocenters. The number of nitrogens with zero attached hydrogens (tertiary/aromatic N) is 2. The van der Waals surface area contributed by atoms with Gasteiger partial charge in [-0.3, -0.25) is 9.59 Å². The number of hydrogen-bond donors (Lipinski definition) is 0. The van der Waals surface area contributed by atoms with Gasteiger partial charge in [-0.25, -0.2) is 0 Å². The largest absolute Gasteiger partial charge is 0.483 e. The number of hydrogen-bond acceptors (Lipinski definition) is 3. The van der Waals surface area contributed by atoms with Crippen LogP contribution in [0.1, 0.15) is 49.3 Å². The van der Waals surface area contributed by atoms with Gasteiger partial charge in [-0.05, 0) is 48.4 Å². The lowest BCUT2D eigenvalue weighted by molar-refractivity contribution is -0.140. The Morgan fingerprint density at radius 2 is 1.58 bits per heavy atom. The lowest BCUT2D eigenvalue weighted by Crippen LogP contribution is -2.51. The third-order valence-corrected chi connectivity index (χ3v) is 5.83. The van der Waals surface area contributed by atoms with E-state index < -0.39 is 0 Å². The number of carbonyl (C=O) groups excluding carboxylic acids is 2. The third-order valence-electron chi connectivity index (χ3n) is 5.83. The van der Waals surface area contributed by atoms with E-state index in [2.05, 4.69) is 38.1 Å². The molecule has 1 heterocycles. The second-order valence-electron chi connectivity index (χ2n) is 8.59. The van der Waals surface area contributed by atoms with E-state index >= 15 is 0 Å². The molecule has 1 fully saturated rings. The average molecular weight is 423 g/mol. The quantitative estimate of drug-likeness (QED) is 0.641. The fourth-order valence-electron chi connectivity index (χ4n) is 3.93. The predicted octanol–water partition coefficient (Wildman–Crippen LogP) is 4.19. The first-order chi connectivity index (χ1) is 14.9. The van der Waals surface area contributed by atoms with Gasteiger partial charge < -0.3 is 14.5 Å². The smallest absolute Gasteiger partial charge is 0.260 e. The number of benzene rings is 2. The minimum atomic E-state index is -0.0209. The minimum Gasteiger partial charge on any atom is -0.483 e. The molecule has 1 saturated heterocycles. The molecule has 5 heteroatoms. The van der Waals surface area contributed by atoms with Crippen molar-refractivity contribution < 1.29 is 14.3 Å². The monoisotopic (exact) mass is 422 g/mol. The summed E-state index contributed by atoms with van der Waals surface area (Å²) in [5, 5.41) is 0. The number of aryl methyl sites for hydroxylation is 2. The van der Waals surface area contributed by atoms with Crippen molar-refractivity contribution in [1.29, 1.82) is 0 Å². The number of carbonyl (C=O) groups is 2. The van der Waals surface area contributed by atoms with E-state index in [0.29, 0.717) is 38.5 Å². The van der Waals surface area contributed by atoms with Crippen molar-refractivity contribution in [2.45, 2.75) is 46.0 Å². The molecule has 0 saturated carbocycles. The molecule has 0 unspecified atom stereocenters. The van der Waals surface area contributed by atoms with Crippen LogP contribution >= 0.6 is 0 Å². The molecule has 0 bridgehead atoms. The van der Waals surface area contributed by atoms with E-state index in [1.807, 2.05) is 36.1 Å². The molecule has 0 N–H and O–H groups in total. The van der Waals surface area contributed by atoms with Crippen molar-refractivity contribution in [2.24, 2.45) is 0 Å². The summed E-state index contributed by atoms with van der Waals surface area (Å²) in [7, 11) is 0. The van der Waals surface area contributed by atoms with Crippen molar-refractivity contribution in [3.05, 3.63) is 65.2 Å². The molecule has 166 valence electrons. The van der Waals surface area contributed by atoms with Gasteiger partial charge in [0.2, 0.25) is 5.91 Å². The third kappa shape index (κ3) is 6.58. The molecule has 5 nitrogen and oxygen atoms in total. The molecule has 2 aromatic rings. The Labute approximate surface area is 186 Å². The van der Waals surface area contributed by atoms with Gasteiger partial charge in [0.15, 0.2) is 6.61 Å². The minimum absolute atomic E-state index is 0.0209. The van der Waals surface area contributed by atoms with E-state index in [-0.39, 0.29) is 18.4 Å². The second kappa shape index (κ2) is 11.0. The Balaban J connectivity index is 1.41. The highest BCUT2D eigenvalue weighted by Crippen LogP contribution is 2.27. The topological polar surface area (TPSA) is 49.9 Å². The summed E-state index contributed by atoms with van der Waals surface area (Å²) in [6, 6.07) is 16.4. The lowest BCUT2D eigenvalue weighted by Gasteiger charge is -2.35. The van der Waals surface area contributed by atoms with Gasteiger partial charge in [-0.15, -0.1) is 0 Å². The molecule has 0 aliphatic carbocycles. The maximum atomic E-state index is 12.6. The van der Waals surface area contributed by atoms with E-state index in [0.717, 1.165) is 29.7 Å². The van der Waals surface area contributed by atoms with Crippen LogP contribution in [0, 0.1) is 6.92 Å². The molecule has 3 rings (SSSR count). The number of rotatable bonds is 8. The summed E-state index contributed by atoms with van der Waals surface area (Å²) in [6.07, 6.45) is 2.32.